The number of Topliss-reactive ketones (excluding diaryl/α,β-unsaturated/α-hetero) is 3. The van der Waals surface area contributed by atoms with Crippen LogP contribution < -0.4 is 4.74 Å². The minimum Gasteiger partial charge on any atom is -0.497 e. The Hall–Kier alpha value is -4.92. The van der Waals surface area contributed by atoms with Gasteiger partial charge in [0.2, 0.25) is 5.79 Å². The van der Waals surface area contributed by atoms with Gasteiger partial charge in [0.15, 0.2) is 12.1 Å². The molecule has 3 saturated heterocycles. The van der Waals surface area contributed by atoms with Gasteiger partial charge < -0.3 is 58.1 Å². The van der Waals surface area contributed by atoms with Crippen LogP contribution >= 0.6 is 0 Å². The summed E-state index contributed by atoms with van der Waals surface area (Å²) >= 11 is 0. The second-order valence-corrected chi connectivity index (χ2v) is 24.4. The monoisotopic (exact) mass is 1150 g/mol. The van der Waals surface area contributed by atoms with Gasteiger partial charge >= 0.3 is 11.9 Å². The smallest absolute Gasteiger partial charge is 0.329 e. The van der Waals surface area contributed by atoms with Crippen LogP contribution in [0.15, 0.2) is 71.9 Å². The molecule has 4 fully saturated rings. The third-order valence-corrected chi connectivity index (χ3v) is 17.8. The van der Waals surface area contributed by atoms with E-state index in [2.05, 4.69) is 0 Å². The highest BCUT2D eigenvalue weighted by Crippen LogP contribution is 2.40. The lowest BCUT2D eigenvalue weighted by atomic mass is 9.78. The number of esters is 2. The molecule has 0 spiro atoms. The molecule has 15 atom stereocenters. The Bertz CT molecular complexity index is 2460. The number of ether oxygens (including phenoxy) is 8. The molecule has 18 nitrogen and oxygen atoms in total. The molecular weight excluding hydrogens is 1050 g/mol. The van der Waals surface area contributed by atoms with Crippen LogP contribution in [0, 0.1) is 46.8 Å². The van der Waals surface area contributed by atoms with Crippen molar-refractivity contribution in [2.24, 2.45) is 46.8 Å². The van der Waals surface area contributed by atoms with E-state index in [0.29, 0.717) is 63.5 Å². The highest BCUT2D eigenvalue weighted by atomic mass is 16.7. The standard InChI is InChI=1S/C64H93NO17/c1-38-17-13-12-14-18-39(2)53(76-10)33-48-24-20-44(7)64(74,82-48)58(70)59(71)65-28-16-15-19-50(65)60(72)80-54(34-51(67)40(3)30-43(6)57(69)49(35-66)56(68)42(5)29-38)41(4)31-45-21-27-52(55(32-45)77-11)81-62(73)63(8)36-78-61(79-37-63)46-22-25-47(75-9)26-23-46/h12-14,17-18,22-23,25-26,30,38,41-45,48-50,52-55,57,61,66,69,74H,15-16,19-21,24,27-29,31-37H2,1-11H3/b14-12?,17-13?,39-18?,40-30+. The zero-order chi connectivity index (χ0) is 60.1. The molecule has 0 radical (unpaired) electrons. The van der Waals surface area contributed by atoms with Gasteiger partial charge in [-0.3, -0.25) is 24.0 Å². The Morgan fingerprint density at radius 1 is 0.854 bits per heavy atom. The Balaban J connectivity index is 1.23. The average Bonchev–Trinajstić information content (AvgIpc) is 3.53. The van der Waals surface area contributed by atoms with Crippen molar-refractivity contribution in [3.8, 4) is 5.75 Å². The number of hydrogen-bond donors (Lipinski definition) is 3. The number of aliphatic hydroxyl groups excluding tert-OH is 2. The number of amides is 1. The zero-order valence-electron chi connectivity index (χ0n) is 50.3. The molecule has 15 unspecified atom stereocenters. The molecule has 4 aliphatic heterocycles. The molecule has 5 aliphatic rings. The van der Waals surface area contributed by atoms with Crippen molar-refractivity contribution in [3.63, 3.8) is 0 Å². The molecule has 1 saturated carbocycles. The molecule has 2 bridgehead atoms. The molecule has 3 N–H and O–H groups in total. The molecule has 18 heteroatoms. The quantitative estimate of drug-likeness (QED) is 0.148. The second kappa shape index (κ2) is 30.2. The number of carbonyl (C=O) groups excluding carboxylic acids is 6. The number of hydrogen-bond acceptors (Lipinski definition) is 17. The van der Waals surface area contributed by atoms with Crippen molar-refractivity contribution in [1.29, 1.82) is 0 Å². The predicted molar refractivity (Wildman–Crippen MR) is 305 cm³/mol. The summed E-state index contributed by atoms with van der Waals surface area (Å²) < 4.78 is 47.9. The minimum atomic E-state index is -2.47. The highest BCUT2D eigenvalue weighted by Gasteiger charge is 2.53. The van der Waals surface area contributed by atoms with Crippen molar-refractivity contribution >= 4 is 35.2 Å². The Kier molecular flexibility index (Phi) is 24.4. The molecule has 1 aliphatic carbocycles. The zero-order valence-corrected chi connectivity index (χ0v) is 50.3. The van der Waals surface area contributed by atoms with E-state index in [1.807, 2.05) is 75.4 Å². The summed E-state index contributed by atoms with van der Waals surface area (Å²) in [5.41, 5.74) is 0.826. The molecule has 1 aromatic rings. The number of piperidine rings is 1. The first-order chi connectivity index (χ1) is 39.0. The molecule has 4 heterocycles. The van der Waals surface area contributed by atoms with Gasteiger partial charge in [0.25, 0.3) is 11.7 Å². The van der Waals surface area contributed by atoms with Crippen LogP contribution in [0.4, 0.5) is 0 Å². The summed E-state index contributed by atoms with van der Waals surface area (Å²) in [7, 11) is 4.72. The van der Waals surface area contributed by atoms with Crippen molar-refractivity contribution < 1.29 is 82.0 Å². The van der Waals surface area contributed by atoms with Gasteiger partial charge in [-0.15, -0.1) is 0 Å². The minimum absolute atomic E-state index is 0.0231. The van der Waals surface area contributed by atoms with Gasteiger partial charge in [-0.05, 0) is 126 Å². The van der Waals surface area contributed by atoms with E-state index >= 15 is 0 Å². The summed E-state index contributed by atoms with van der Waals surface area (Å²) in [6.07, 6.45) is 10.5. The van der Waals surface area contributed by atoms with Crippen LogP contribution in [0.5, 0.6) is 5.75 Å². The fourth-order valence-electron chi connectivity index (χ4n) is 12.3. The second-order valence-electron chi connectivity index (χ2n) is 24.4. The van der Waals surface area contributed by atoms with E-state index < -0.39 is 120 Å². The third-order valence-electron chi connectivity index (χ3n) is 17.8. The highest BCUT2D eigenvalue weighted by molar-refractivity contribution is 6.39. The summed E-state index contributed by atoms with van der Waals surface area (Å²) in [6.45, 7) is 13.8. The molecule has 82 heavy (non-hydrogen) atoms. The molecule has 0 aromatic heterocycles. The maximum absolute atomic E-state index is 14.7. The van der Waals surface area contributed by atoms with Gasteiger partial charge in [0, 0.05) is 56.9 Å². The number of cyclic esters (lactones) is 1. The average molecular weight is 1150 g/mol. The largest absolute Gasteiger partial charge is 0.497 e. The van der Waals surface area contributed by atoms with Crippen molar-refractivity contribution in [2.45, 2.75) is 187 Å². The number of methoxy groups -OCH3 is 3. The predicted octanol–water partition coefficient (Wildman–Crippen LogP) is 8.09. The van der Waals surface area contributed by atoms with E-state index in [0.717, 1.165) is 11.1 Å². The number of fused-ring (bicyclic) bond motifs is 3. The molecule has 456 valence electrons. The summed E-state index contributed by atoms with van der Waals surface area (Å²) in [6, 6.07) is 6.10. The first kappa shape index (κ1) is 66.2. The fourth-order valence-corrected chi connectivity index (χ4v) is 12.3. The van der Waals surface area contributed by atoms with Gasteiger partial charge in [0.05, 0.1) is 57.3 Å². The number of ketones is 3. The summed E-state index contributed by atoms with van der Waals surface area (Å²) in [5.74, 6) is -9.55. The van der Waals surface area contributed by atoms with E-state index in [4.69, 9.17) is 37.9 Å². The number of nitrogens with zero attached hydrogens (tertiary/aromatic N) is 1. The number of rotatable bonds is 10. The topological polar surface area (TPSA) is 240 Å². The molecular formula is C64H93NO17. The van der Waals surface area contributed by atoms with E-state index in [1.165, 1.54) is 4.90 Å². The Morgan fingerprint density at radius 2 is 1.56 bits per heavy atom. The fraction of sp³-hybridized carbons (Fsp3) is 0.688. The van der Waals surface area contributed by atoms with Gasteiger partial charge in [0.1, 0.15) is 35.2 Å². The lowest BCUT2D eigenvalue weighted by Gasteiger charge is -2.42. The Labute approximate surface area is 485 Å². The lowest BCUT2D eigenvalue weighted by Crippen LogP contribution is -2.61. The van der Waals surface area contributed by atoms with Crippen molar-refractivity contribution in [2.75, 3.05) is 47.7 Å². The molecule has 6 rings (SSSR count). The maximum Gasteiger partial charge on any atom is 0.329 e. The molecule has 1 aromatic carbocycles. The van der Waals surface area contributed by atoms with Gasteiger partial charge in [-0.1, -0.05) is 83.2 Å². The number of aliphatic hydroxyl groups is 3. The normalized spacial score (nSPS) is 36.8. The van der Waals surface area contributed by atoms with E-state index in [-0.39, 0.29) is 68.0 Å². The first-order valence-electron chi connectivity index (χ1n) is 29.6. The van der Waals surface area contributed by atoms with Gasteiger partial charge in [-0.25, -0.2) is 4.79 Å². The van der Waals surface area contributed by atoms with Crippen LogP contribution in [-0.2, 0) is 61.9 Å². The number of carbonyl (C=O) groups is 6. The van der Waals surface area contributed by atoms with Crippen LogP contribution in [0.1, 0.15) is 144 Å². The SMILES string of the molecule is COc1ccc(C2OCC(C)(C(=O)OC3CCC(CC(C)C4CC(=O)/C(C)=C/C(C)C(O)C(CO)C(=O)C(C)CC(C)C=CC=CC=C(C)C(OC)CC5CCC(C)C(O)(O5)C(=O)C(=O)N5CCCCC5C(=O)O4)CC3OC)CO2)cc1. The third kappa shape index (κ3) is 16.7. The molecule has 1 amide bonds. The number of benzene rings is 1. The summed E-state index contributed by atoms with van der Waals surface area (Å²) in [5, 5.41) is 34.1. The van der Waals surface area contributed by atoms with Gasteiger partial charge in [-0.2, -0.15) is 0 Å². The maximum atomic E-state index is 14.7. The van der Waals surface area contributed by atoms with Crippen molar-refractivity contribution in [1.82, 2.24) is 4.90 Å². The van der Waals surface area contributed by atoms with Crippen LogP contribution in [0.3, 0.4) is 0 Å². The van der Waals surface area contributed by atoms with Crippen molar-refractivity contribution in [3.05, 3.63) is 77.4 Å². The lowest BCUT2D eigenvalue weighted by molar-refractivity contribution is -0.265. The van der Waals surface area contributed by atoms with E-state index in [9.17, 15) is 44.1 Å². The van der Waals surface area contributed by atoms with Crippen LogP contribution in [0.25, 0.3) is 0 Å². The van der Waals surface area contributed by atoms with E-state index in [1.54, 1.807) is 62.0 Å². The first-order valence-corrected chi connectivity index (χ1v) is 29.6. The number of allylic oxidation sites excluding steroid dienone is 6. The van der Waals surface area contributed by atoms with Crippen LogP contribution in [-0.4, -0.2) is 152 Å². The Morgan fingerprint density at radius 3 is 2.22 bits per heavy atom. The van der Waals surface area contributed by atoms with Crippen LogP contribution in [0.2, 0.25) is 0 Å². The summed E-state index contributed by atoms with van der Waals surface area (Å²) in [4.78, 5) is 86.8.